The van der Waals surface area contributed by atoms with Crippen LogP contribution in [0.4, 0.5) is 11.4 Å². The molecule has 0 bridgehead atoms. The first-order valence-electron chi connectivity index (χ1n) is 11.8. The quantitative estimate of drug-likeness (QED) is 0.409. The van der Waals surface area contributed by atoms with Crippen molar-refractivity contribution in [1.29, 1.82) is 5.26 Å². The molecule has 2 heterocycles. The topological polar surface area (TPSA) is 91.0 Å². The van der Waals surface area contributed by atoms with Crippen LogP contribution in [0.25, 0.3) is 0 Å². The van der Waals surface area contributed by atoms with Gasteiger partial charge in [0.25, 0.3) is 11.8 Å². The molecule has 4 aromatic rings. The number of benzene rings is 3. The molecule has 0 aliphatic carbocycles. The molecule has 0 saturated carbocycles. The fourth-order valence-electron chi connectivity index (χ4n) is 4.48. The average Bonchev–Trinajstić information content (AvgIpc) is 3.35. The van der Waals surface area contributed by atoms with Gasteiger partial charge < -0.3 is 10.2 Å². The van der Waals surface area contributed by atoms with Crippen molar-refractivity contribution in [1.82, 2.24) is 9.78 Å². The normalized spacial score (nSPS) is 12.4. The Morgan fingerprint density at radius 2 is 1.78 bits per heavy atom. The Bertz CT molecular complexity index is 1570. The van der Waals surface area contributed by atoms with E-state index in [1.54, 1.807) is 33.8 Å². The fraction of sp³-hybridized carbons (Fsp3) is 0.133. The zero-order valence-electron chi connectivity index (χ0n) is 20.0. The standard InChI is InChI=1S/C30H23N5O2/c1-2-5-21-6-3-7-23(16-21)17-22-10-12-26(13-11-22)34-14-15-35-28(30(34)37)27(20-32-35)29(36)33-25-9-4-8-24(18-25)19-31/h1,3-4,6-13,16,18,20H,5,14-15,17H2,(H,33,36). The van der Waals surface area contributed by atoms with Crippen molar-refractivity contribution in [3.63, 3.8) is 0 Å². The van der Waals surface area contributed by atoms with Crippen molar-refractivity contribution >= 4 is 23.2 Å². The maximum atomic E-state index is 13.5. The van der Waals surface area contributed by atoms with Gasteiger partial charge in [-0.05, 0) is 53.4 Å². The molecule has 0 radical (unpaired) electrons. The van der Waals surface area contributed by atoms with Crippen molar-refractivity contribution in [2.75, 3.05) is 16.8 Å². The molecule has 0 unspecified atom stereocenters. The minimum atomic E-state index is -0.450. The minimum absolute atomic E-state index is 0.195. The number of terminal acetylenes is 1. The van der Waals surface area contributed by atoms with E-state index in [9.17, 15) is 9.59 Å². The van der Waals surface area contributed by atoms with Crippen LogP contribution in [-0.2, 0) is 19.4 Å². The number of anilines is 2. The predicted octanol–water partition coefficient (Wildman–Crippen LogP) is 4.43. The lowest BCUT2D eigenvalue weighted by Gasteiger charge is -2.28. The molecule has 0 atom stereocenters. The van der Waals surface area contributed by atoms with Gasteiger partial charge in [-0.1, -0.05) is 42.5 Å². The summed E-state index contributed by atoms with van der Waals surface area (Å²) in [6.07, 6.45) is 8.21. The number of aromatic nitrogens is 2. The van der Waals surface area contributed by atoms with Gasteiger partial charge in [-0.3, -0.25) is 14.3 Å². The first kappa shape index (κ1) is 23.6. The van der Waals surface area contributed by atoms with E-state index in [0.717, 1.165) is 23.2 Å². The Morgan fingerprint density at radius 3 is 2.57 bits per heavy atom. The van der Waals surface area contributed by atoms with Gasteiger partial charge in [0.05, 0.1) is 29.9 Å². The zero-order chi connectivity index (χ0) is 25.8. The number of carbonyl (C=O) groups excluding carboxylic acids is 2. The highest BCUT2D eigenvalue weighted by atomic mass is 16.2. The number of nitrogens with one attached hydrogen (secondary N) is 1. The fourth-order valence-corrected chi connectivity index (χ4v) is 4.48. The van der Waals surface area contributed by atoms with Gasteiger partial charge in [0.2, 0.25) is 0 Å². The minimum Gasteiger partial charge on any atom is -0.322 e. The number of amides is 2. The molecule has 0 spiro atoms. The summed E-state index contributed by atoms with van der Waals surface area (Å²) < 4.78 is 1.57. The van der Waals surface area contributed by atoms with Crippen molar-refractivity contribution in [3.8, 4) is 18.4 Å². The van der Waals surface area contributed by atoms with Gasteiger partial charge in [0.15, 0.2) is 0 Å². The van der Waals surface area contributed by atoms with E-state index in [1.807, 2.05) is 42.5 Å². The first-order chi connectivity index (χ1) is 18.1. The number of nitriles is 1. The molecule has 7 nitrogen and oxygen atoms in total. The molecule has 1 N–H and O–H groups in total. The van der Waals surface area contributed by atoms with E-state index < -0.39 is 5.91 Å². The Kier molecular flexibility index (Phi) is 6.52. The molecule has 0 fully saturated rings. The second kappa shape index (κ2) is 10.2. The number of hydrogen-bond donors (Lipinski definition) is 1. The van der Waals surface area contributed by atoms with E-state index in [0.29, 0.717) is 30.8 Å². The Balaban J connectivity index is 1.32. The van der Waals surface area contributed by atoms with E-state index >= 15 is 0 Å². The molecule has 5 rings (SSSR count). The van der Waals surface area contributed by atoms with Gasteiger partial charge in [-0.2, -0.15) is 10.4 Å². The SMILES string of the molecule is C#CCc1cccc(Cc2ccc(N3CCn4ncc(C(=O)Nc5cccc(C#N)c5)c4C3=O)cc2)c1. The molecule has 37 heavy (non-hydrogen) atoms. The molecule has 0 saturated heterocycles. The van der Waals surface area contributed by atoms with Crippen LogP contribution in [0.5, 0.6) is 0 Å². The molecular weight excluding hydrogens is 462 g/mol. The van der Waals surface area contributed by atoms with E-state index in [-0.39, 0.29) is 17.2 Å². The highest BCUT2D eigenvalue weighted by Gasteiger charge is 2.32. The summed E-state index contributed by atoms with van der Waals surface area (Å²) in [5, 5.41) is 16.1. The van der Waals surface area contributed by atoms with Crippen molar-refractivity contribution < 1.29 is 9.59 Å². The average molecular weight is 486 g/mol. The monoisotopic (exact) mass is 485 g/mol. The summed E-state index contributed by atoms with van der Waals surface area (Å²) in [6.45, 7) is 0.925. The Labute approximate surface area is 215 Å². The van der Waals surface area contributed by atoms with Gasteiger partial charge in [-0.15, -0.1) is 12.3 Å². The largest absolute Gasteiger partial charge is 0.322 e. The molecule has 7 heteroatoms. The van der Waals surface area contributed by atoms with Gasteiger partial charge in [-0.25, -0.2) is 0 Å². The maximum absolute atomic E-state index is 13.5. The van der Waals surface area contributed by atoms with Crippen LogP contribution in [0.1, 0.15) is 43.1 Å². The lowest BCUT2D eigenvalue weighted by molar-refractivity contribution is 0.0947. The molecule has 180 valence electrons. The number of hydrogen-bond acceptors (Lipinski definition) is 4. The number of nitrogens with zero attached hydrogens (tertiary/aromatic N) is 4. The van der Waals surface area contributed by atoms with Crippen LogP contribution in [0, 0.1) is 23.7 Å². The summed E-state index contributed by atoms with van der Waals surface area (Å²) in [5.74, 6) is 1.94. The van der Waals surface area contributed by atoms with Gasteiger partial charge in [0.1, 0.15) is 5.69 Å². The lowest BCUT2D eigenvalue weighted by Crippen LogP contribution is -2.41. The van der Waals surface area contributed by atoms with Gasteiger partial charge >= 0.3 is 0 Å². The van der Waals surface area contributed by atoms with Crippen molar-refractivity contribution in [2.24, 2.45) is 0 Å². The first-order valence-corrected chi connectivity index (χ1v) is 11.8. The molecule has 2 amide bonds. The van der Waals surface area contributed by atoms with Crippen molar-refractivity contribution in [2.45, 2.75) is 19.4 Å². The second-order valence-corrected chi connectivity index (χ2v) is 8.78. The van der Waals surface area contributed by atoms with Crippen LogP contribution in [0.3, 0.4) is 0 Å². The number of fused-ring (bicyclic) bond motifs is 1. The summed E-state index contributed by atoms with van der Waals surface area (Å²) in [5.41, 5.74) is 5.52. The zero-order valence-corrected chi connectivity index (χ0v) is 20.0. The smallest absolute Gasteiger partial charge is 0.277 e. The third-order valence-corrected chi connectivity index (χ3v) is 6.27. The molecule has 1 aromatic heterocycles. The molecule has 1 aliphatic heterocycles. The summed E-state index contributed by atoms with van der Waals surface area (Å²) >= 11 is 0. The highest BCUT2D eigenvalue weighted by Crippen LogP contribution is 2.25. The van der Waals surface area contributed by atoms with Crippen molar-refractivity contribution in [3.05, 3.63) is 113 Å². The third kappa shape index (κ3) is 4.98. The second-order valence-electron chi connectivity index (χ2n) is 8.78. The lowest BCUT2D eigenvalue weighted by atomic mass is 10.0. The maximum Gasteiger partial charge on any atom is 0.277 e. The van der Waals surface area contributed by atoms with Crippen LogP contribution in [0.15, 0.2) is 79.0 Å². The van der Waals surface area contributed by atoms with Crippen LogP contribution >= 0.6 is 0 Å². The van der Waals surface area contributed by atoms with Gasteiger partial charge in [0, 0.05) is 24.3 Å². The molecular formula is C30H23N5O2. The summed E-state index contributed by atoms with van der Waals surface area (Å²) in [6, 6.07) is 24.8. The van der Waals surface area contributed by atoms with E-state index in [1.165, 1.54) is 11.8 Å². The van der Waals surface area contributed by atoms with Crippen LogP contribution in [-0.4, -0.2) is 28.1 Å². The van der Waals surface area contributed by atoms with E-state index in [4.69, 9.17) is 11.7 Å². The third-order valence-electron chi connectivity index (χ3n) is 6.27. The Morgan fingerprint density at radius 1 is 1.00 bits per heavy atom. The molecule has 3 aromatic carbocycles. The van der Waals surface area contributed by atoms with Crippen LogP contribution in [0.2, 0.25) is 0 Å². The predicted molar refractivity (Wildman–Crippen MR) is 141 cm³/mol. The highest BCUT2D eigenvalue weighted by molar-refractivity contribution is 6.15. The molecule has 1 aliphatic rings. The van der Waals surface area contributed by atoms with E-state index in [2.05, 4.69) is 28.5 Å². The summed E-state index contributed by atoms with van der Waals surface area (Å²) in [7, 11) is 0. The summed E-state index contributed by atoms with van der Waals surface area (Å²) in [4.78, 5) is 28.1. The van der Waals surface area contributed by atoms with Crippen LogP contribution < -0.4 is 10.2 Å². The number of rotatable bonds is 6. The Hall–Kier alpha value is -5.14. The number of carbonyl (C=O) groups is 2.